The molecule has 8 heteroatoms. The number of methoxy groups -OCH3 is 1. The average Bonchev–Trinajstić information content (AvgIpc) is 2.92. The van der Waals surface area contributed by atoms with Crippen molar-refractivity contribution in [3.8, 4) is 0 Å². The highest BCUT2D eigenvalue weighted by atomic mass is 127. The summed E-state index contributed by atoms with van der Waals surface area (Å²) >= 11 is 11.2. The molecule has 0 fully saturated rings. The van der Waals surface area contributed by atoms with Crippen LogP contribution >= 0.6 is 58.3 Å². The molecular weight excluding hydrogens is 683 g/mol. The van der Waals surface area contributed by atoms with Gasteiger partial charge in [0.15, 0.2) is 0 Å². The Morgan fingerprint density at radius 3 is 1.68 bits per heavy atom. The van der Waals surface area contributed by atoms with Gasteiger partial charge in [0.2, 0.25) is 0 Å². The molecule has 0 amide bonds. The molecule has 0 radical (unpaired) electrons. The van der Waals surface area contributed by atoms with Gasteiger partial charge >= 0.3 is 11.9 Å². The summed E-state index contributed by atoms with van der Waals surface area (Å²) in [4.78, 5) is 26.5. The Morgan fingerprint density at radius 2 is 1.24 bits per heavy atom. The Kier molecular flexibility index (Phi) is 26.0. The van der Waals surface area contributed by atoms with Crippen LogP contribution in [0.2, 0.25) is 0 Å². The Hall–Kier alpha value is 0.460. The Balaban J connectivity index is 5.14. The fourth-order valence-corrected chi connectivity index (χ4v) is 8.79. The first-order chi connectivity index (χ1) is 19.5. The van der Waals surface area contributed by atoms with Crippen LogP contribution in [0.4, 0.5) is 0 Å². The van der Waals surface area contributed by atoms with Gasteiger partial charge in [-0.25, -0.2) is 0 Å². The molecule has 0 heterocycles. The maximum absolute atomic E-state index is 13.4. The maximum atomic E-state index is 13.4. The predicted octanol–water partition coefficient (Wildman–Crippen LogP) is 11.5. The van der Waals surface area contributed by atoms with Crippen molar-refractivity contribution < 1.29 is 19.1 Å². The van der Waals surface area contributed by atoms with Gasteiger partial charge in [-0.05, 0) is 45.8 Å². The van der Waals surface area contributed by atoms with Crippen LogP contribution < -0.4 is 0 Å². The Morgan fingerprint density at radius 1 is 0.780 bits per heavy atom. The number of carbonyl (C=O) groups is 2. The fourth-order valence-electron chi connectivity index (χ4n) is 4.89. The lowest BCUT2D eigenvalue weighted by Crippen LogP contribution is -2.42. The second-order valence-corrected chi connectivity index (χ2v) is 16.9. The highest BCUT2D eigenvalue weighted by Crippen LogP contribution is 2.43. The van der Waals surface area contributed by atoms with Crippen molar-refractivity contribution >= 4 is 73.8 Å². The molecule has 2 unspecified atom stereocenters. The van der Waals surface area contributed by atoms with E-state index in [1.54, 1.807) is 11.8 Å². The van der Waals surface area contributed by atoms with E-state index in [4.69, 9.17) is 21.7 Å². The summed E-state index contributed by atoms with van der Waals surface area (Å²) in [5, 5.41) is 0. The number of alkyl halides is 1. The lowest BCUT2D eigenvalue weighted by atomic mass is 9.89. The maximum Gasteiger partial charge on any atom is 0.322 e. The molecule has 0 N–H and O–H groups in total. The van der Waals surface area contributed by atoms with E-state index in [1.165, 1.54) is 109 Å². The van der Waals surface area contributed by atoms with Crippen molar-refractivity contribution in [1.29, 1.82) is 0 Å². The molecule has 0 spiro atoms. The quantitative estimate of drug-likeness (QED) is 0.0303. The van der Waals surface area contributed by atoms with E-state index in [0.717, 1.165) is 28.5 Å². The second-order valence-electron chi connectivity index (χ2n) is 12.3. The molecule has 0 saturated heterocycles. The zero-order chi connectivity index (χ0) is 31.0. The van der Waals surface area contributed by atoms with E-state index >= 15 is 0 Å². The van der Waals surface area contributed by atoms with E-state index < -0.39 is 10.3 Å². The summed E-state index contributed by atoms with van der Waals surface area (Å²) in [5.41, 5.74) is -0.569. The van der Waals surface area contributed by atoms with Gasteiger partial charge < -0.3 is 9.47 Å². The molecule has 0 aromatic carbocycles. The summed E-state index contributed by atoms with van der Waals surface area (Å²) < 4.78 is 11.6. The minimum absolute atomic E-state index is 0.246. The zero-order valence-electron chi connectivity index (χ0n) is 27.2. The van der Waals surface area contributed by atoms with Crippen molar-refractivity contribution in [2.45, 2.75) is 167 Å². The third-order valence-corrected chi connectivity index (χ3v) is 11.3. The van der Waals surface area contributed by atoms with Gasteiger partial charge in [-0.15, -0.1) is 11.8 Å². The number of thioether (sulfide) groups is 2. The minimum Gasteiger partial charge on any atom is -0.468 e. The molecule has 4 nitrogen and oxygen atoms in total. The normalized spacial score (nSPS) is 13.9. The standard InChI is InChI=1S/C33H61IO4S3/c1-7-9-11-13-15-16-17-19-21-23-25-40-31(39)41-33(30(36)37-6,24-22-20-18-14-12-10-8-2)26-28(27-34)29(35)38-32(3,4)5/h28H,7-27H2,1-6H3. The number of hydrogen-bond acceptors (Lipinski definition) is 7. The van der Waals surface area contributed by atoms with Gasteiger partial charge in [0.1, 0.15) is 13.9 Å². The summed E-state index contributed by atoms with van der Waals surface area (Å²) in [6.45, 7) is 10.1. The van der Waals surface area contributed by atoms with Crippen LogP contribution in [0, 0.1) is 5.92 Å². The van der Waals surface area contributed by atoms with Crippen molar-refractivity contribution in [3.05, 3.63) is 0 Å². The van der Waals surface area contributed by atoms with Crippen molar-refractivity contribution in [3.63, 3.8) is 0 Å². The van der Waals surface area contributed by atoms with E-state index in [2.05, 4.69) is 36.4 Å². The molecule has 0 aliphatic rings. The number of carbonyl (C=O) groups excluding carboxylic acids is 2. The molecule has 0 rings (SSSR count). The topological polar surface area (TPSA) is 52.6 Å². The van der Waals surface area contributed by atoms with Crippen LogP contribution in [-0.2, 0) is 19.1 Å². The highest BCUT2D eigenvalue weighted by molar-refractivity contribution is 14.1. The number of esters is 2. The molecule has 0 bridgehead atoms. The van der Waals surface area contributed by atoms with Crippen LogP contribution in [0.3, 0.4) is 0 Å². The molecule has 242 valence electrons. The summed E-state index contributed by atoms with van der Waals surface area (Å²) in [5.74, 6) is 0.0671. The largest absolute Gasteiger partial charge is 0.468 e. The first-order valence-electron chi connectivity index (χ1n) is 16.3. The van der Waals surface area contributed by atoms with Crippen molar-refractivity contribution in [2.75, 3.05) is 17.3 Å². The Bertz CT molecular complexity index is 698. The van der Waals surface area contributed by atoms with Crippen LogP contribution in [0.15, 0.2) is 0 Å². The molecule has 0 aliphatic heterocycles. The summed E-state index contributed by atoms with van der Waals surface area (Å²) in [6.07, 6.45) is 22.3. The van der Waals surface area contributed by atoms with E-state index in [9.17, 15) is 9.59 Å². The SMILES string of the molecule is CCCCCCCCCCCCSC(=S)SC(CCCCCCCCC)(CC(CI)C(=O)OC(C)(C)C)C(=O)OC. The number of ether oxygens (including phenoxy) is 2. The molecule has 0 saturated carbocycles. The first-order valence-corrected chi connectivity index (χ1v) is 20.0. The third kappa shape index (κ3) is 21.7. The second kappa shape index (κ2) is 25.8. The smallest absolute Gasteiger partial charge is 0.322 e. The van der Waals surface area contributed by atoms with Gasteiger partial charge in [-0.1, -0.05) is 163 Å². The van der Waals surface area contributed by atoms with Crippen LogP contribution in [0.25, 0.3) is 0 Å². The van der Waals surface area contributed by atoms with Gasteiger partial charge in [0.05, 0.1) is 13.0 Å². The number of unbranched alkanes of at least 4 members (excludes halogenated alkanes) is 15. The van der Waals surface area contributed by atoms with Crippen LogP contribution in [-0.4, -0.2) is 43.1 Å². The lowest BCUT2D eigenvalue weighted by molar-refractivity contribution is -0.160. The first kappa shape index (κ1) is 41.5. The summed E-state index contributed by atoms with van der Waals surface area (Å²) in [7, 11) is 1.45. The number of halogens is 1. The van der Waals surface area contributed by atoms with Crippen molar-refractivity contribution in [1.82, 2.24) is 0 Å². The monoisotopic (exact) mass is 744 g/mol. The van der Waals surface area contributed by atoms with Gasteiger partial charge in [-0.3, -0.25) is 9.59 Å². The molecule has 0 aliphatic carbocycles. The fraction of sp³-hybridized carbons (Fsp3) is 0.909. The van der Waals surface area contributed by atoms with Crippen LogP contribution in [0.5, 0.6) is 0 Å². The third-order valence-electron chi connectivity index (χ3n) is 7.24. The molecule has 2 atom stereocenters. The molecule has 0 aromatic heterocycles. The predicted molar refractivity (Wildman–Crippen MR) is 195 cm³/mol. The van der Waals surface area contributed by atoms with Crippen LogP contribution in [0.1, 0.15) is 157 Å². The van der Waals surface area contributed by atoms with Crippen molar-refractivity contribution in [2.24, 2.45) is 5.92 Å². The number of hydrogen-bond donors (Lipinski definition) is 0. The van der Waals surface area contributed by atoms with Gasteiger partial charge in [-0.2, -0.15) is 0 Å². The molecule has 41 heavy (non-hydrogen) atoms. The molecule has 0 aromatic rings. The number of rotatable bonds is 25. The summed E-state index contributed by atoms with van der Waals surface area (Å²) in [6, 6.07) is 0. The lowest BCUT2D eigenvalue weighted by Gasteiger charge is -2.33. The number of thiocarbonyl (C=S) groups is 1. The minimum atomic E-state index is -0.868. The van der Waals surface area contributed by atoms with Gasteiger partial charge in [0.25, 0.3) is 0 Å². The van der Waals surface area contributed by atoms with Gasteiger partial charge in [0, 0.05) is 4.43 Å². The molecular formula is C33H61IO4S3. The van der Waals surface area contributed by atoms with E-state index in [-0.39, 0.29) is 17.9 Å². The van der Waals surface area contributed by atoms with E-state index in [1.807, 2.05) is 20.8 Å². The zero-order valence-corrected chi connectivity index (χ0v) is 31.8. The average molecular weight is 745 g/mol. The highest BCUT2D eigenvalue weighted by Gasteiger charge is 2.45. The Labute approximate surface area is 281 Å². The van der Waals surface area contributed by atoms with E-state index in [0.29, 0.717) is 17.3 Å².